The van der Waals surface area contributed by atoms with Gasteiger partial charge in [0.05, 0.1) is 11.5 Å². The molecule has 1 aliphatic rings. The minimum absolute atomic E-state index is 0.0807. The van der Waals surface area contributed by atoms with E-state index in [1.54, 1.807) is 19.1 Å². The summed E-state index contributed by atoms with van der Waals surface area (Å²) in [7, 11) is 0. The summed E-state index contributed by atoms with van der Waals surface area (Å²) in [4.78, 5) is 22.5. The van der Waals surface area contributed by atoms with Gasteiger partial charge < -0.3 is 14.7 Å². The number of carboxylic acid groups (broad SMARTS) is 1. The number of nitro groups is 1. The minimum atomic E-state index is -0.875. The van der Waals surface area contributed by atoms with Crippen molar-refractivity contribution in [2.45, 2.75) is 19.8 Å². The van der Waals surface area contributed by atoms with Crippen LogP contribution in [0.25, 0.3) is 0 Å². The van der Waals surface area contributed by atoms with Crippen LogP contribution in [0.4, 0.5) is 10.5 Å². The van der Waals surface area contributed by atoms with Crippen molar-refractivity contribution in [3.05, 3.63) is 33.9 Å². The number of carbonyl (C=O) groups is 1. The molecule has 1 N–H and O–H groups in total. The fourth-order valence-electron chi connectivity index (χ4n) is 2.43. The topological polar surface area (TPSA) is 92.9 Å². The van der Waals surface area contributed by atoms with E-state index in [4.69, 9.17) is 9.84 Å². The van der Waals surface area contributed by atoms with E-state index in [9.17, 15) is 14.9 Å². The highest BCUT2D eigenvalue weighted by Gasteiger charge is 2.22. The van der Waals surface area contributed by atoms with Crippen molar-refractivity contribution in [2.75, 3.05) is 19.7 Å². The van der Waals surface area contributed by atoms with Gasteiger partial charge in [-0.3, -0.25) is 10.1 Å². The van der Waals surface area contributed by atoms with Crippen molar-refractivity contribution in [1.82, 2.24) is 4.90 Å². The maximum Gasteiger partial charge on any atom is 0.407 e. The quantitative estimate of drug-likeness (QED) is 0.680. The molecule has 1 amide bonds. The molecule has 1 heterocycles. The van der Waals surface area contributed by atoms with Crippen LogP contribution >= 0.6 is 0 Å². The van der Waals surface area contributed by atoms with Crippen molar-refractivity contribution < 1.29 is 19.6 Å². The first-order valence-corrected chi connectivity index (χ1v) is 6.83. The molecule has 1 fully saturated rings. The molecule has 0 spiro atoms. The molecule has 1 aliphatic heterocycles. The monoisotopic (exact) mass is 294 g/mol. The number of rotatable bonds is 4. The molecule has 0 aromatic heterocycles. The number of ether oxygens (including phenoxy) is 1. The Morgan fingerprint density at radius 3 is 2.67 bits per heavy atom. The van der Waals surface area contributed by atoms with Crippen molar-refractivity contribution in [3.63, 3.8) is 0 Å². The lowest BCUT2D eigenvalue weighted by molar-refractivity contribution is -0.385. The van der Waals surface area contributed by atoms with Crippen molar-refractivity contribution in [1.29, 1.82) is 0 Å². The average Bonchev–Trinajstić information content (AvgIpc) is 2.45. The lowest BCUT2D eigenvalue weighted by Gasteiger charge is -2.29. The molecule has 21 heavy (non-hydrogen) atoms. The van der Waals surface area contributed by atoms with Crippen LogP contribution in [0.15, 0.2) is 18.2 Å². The number of piperidine rings is 1. The zero-order chi connectivity index (χ0) is 15.4. The normalized spacial score (nSPS) is 15.8. The molecule has 0 aliphatic carbocycles. The van der Waals surface area contributed by atoms with E-state index in [0.29, 0.717) is 36.9 Å². The second kappa shape index (κ2) is 6.43. The first kappa shape index (κ1) is 15.1. The van der Waals surface area contributed by atoms with Crippen LogP contribution in [0.1, 0.15) is 18.4 Å². The van der Waals surface area contributed by atoms with Crippen LogP contribution < -0.4 is 4.74 Å². The fourth-order valence-corrected chi connectivity index (χ4v) is 2.43. The van der Waals surface area contributed by atoms with Crippen LogP contribution in [0.2, 0.25) is 0 Å². The molecule has 1 aromatic rings. The van der Waals surface area contributed by atoms with Gasteiger partial charge in [-0.1, -0.05) is 0 Å². The smallest absolute Gasteiger partial charge is 0.407 e. The van der Waals surface area contributed by atoms with Crippen molar-refractivity contribution in [3.8, 4) is 5.75 Å². The second-order valence-corrected chi connectivity index (χ2v) is 5.23. The van der Waals surface area contributed by atoms with Gasteiger partial charge in [-0.15, -0.1) is 0 Å². The highest BCUT2D eigenvalue weighted by molar-refractivity contribution is 5.64. The molecule has 2 rings (SSSR count). The first-order chi connectivity index (χ1) is 9.97. The van der Waals surface area contributed by atoms with Gasteiger partial charge in [0.15, 0.2) is 0 Å². The van der Waals surface area contributed by atoms with Gasteiger partial charge in [0, 0.05) is 24.7 Å². The van der Waals surface area contributed by atoms with Gasteiger partial charge in [0.2, 0.25) is 0 Å². The van der Waals surface area contributed by atoms with Crippen LogP contribution in [0.5, 0.6) is 5.75 Å². The van der Waals surface area contributed by atoms with Crippen LogP contribution in [0, 0.1) is 23.0 Å². The SMILES string of the molecule is Cc1cc(OCC2CCN(C(=O)O)CC2)ccc1[N+](=O)[O-]. The zero-order valence-corrected chi connectivity index (χ0v) is 11.8. The molecule has 0 bridgehead atoms. The summed E-state index contributed by atoms with van der Waals surface area (Å²) in [6, 6.07) is 4.69. The Morgan fingerprint density at radius 1 is 1.48 bits per heavy atom. The Morgan fingerprint density at radius 2 is 2.14 bits per heavy atom. The Labute approximate surface area is 122 Å². The number of nitrogens with zero attached hydrogens (tertiary/aromatic N) is 2. The molecule has 0 unspecified atom stereocenters. The number of benzene rings is 1. The lowest BCUT2D eigenvalue weighted by Crippen LogP contribution is -2.38. The van der Waals surface area contributed by atoms with Gasteiger partial charge in [-0.05, 0) is 37.8 Å². The predicted molar refractivity (Wildman–Crippen MR) is 75.7 cm³/mol. The van der Waals surface area contributed by atoms with E-state index in [0.717, 1.165) is 12.8 Å². The van der Waals surface area contributed by atoms with E-state index in [1.165, 1.54) is 11.0 Å². The summed E-state index contributed by atoms with van der Waals surface area (Å²) in [6.45, 7) is 3.24. The summed E-state index contributed by atoms with van der Waals surface area (Å²) < 4.78 is 5.67. The van der Waals surface area contributed by atoms with E-state index in [2.05, 4.69) is 0 Å². The number of aryl methyl sites for hydroxylation is 1. The third-order valence-electron chi connectivity index (χ3n) is 3.74. The van der Waals surface area contributed by atoms with Crippen molar-refractivity contribution >= 4 is 11.8 Å². The Bertz CT molecular complexity index is 538. The third kappa shape index (κ3) is 3.84. The van der Waals surface area contributed by atoms with Crippen LogP contribution in [-0.2, 0) is 0 Å². The Hall–Kier alpha value is -2.31. The number of amides is 1. The largest absolute Gasteiger partial charge is 0.493 e. The second-order valence-electron chi connectivity index (χ2n) is 5.23. The van der Waals surface area contributed by atoms with Gasteiger partial charge in [0.25, 0.3) is 5.69 Å². The van der Waals surface area contributed by atoms with E-state index >= 15 is 0 Å². The predicted octanol–water partition coefficient (Wildman–Crippen LogP) is 2.67. The van der Waals surface area contributed by atoms with E-state index in [1.807, 2.05) is 0 Å². The third-order valence-corrected chi connectivity index (χ3v) is 3.74. The summed E-state index contributed by atoms with van der Waals surface area (Å²) in [5, 5.41) is 19.6. The highest BCUT2D eigenvalue weighted by Crippen LogP contribution is 2.24. The molecule has 114 valence electrons. The fraction of sp³-hybridized carbons (Fsp3) is 0.500. The van der Waals surface area contributed by atoms with Crippen LogP contribution in [-0.4, -0.2) is 40.7 Å². The van der Waals surface area contributed by atoms with Gasteiger partial charge in [-0.2, -0.15) is 0 Å². The molecular formula is C14H18N2O5. The summed E-state index contributed by atoms with van der Waals surface area (Å²) in [5.74, 6) is 0.926. The number of hydrogen-bond acceptors (Lipinski definition) is 4. The molecule has 0 saturated carbocycles. The molecule has 1 aromatic carbocycles. The first-order valence-electron chi connectivity index (χ1n) is 6.83. The standard InChI is InChI=1S/C14H18N2O5/c1-10-8-12(2-3-13(10)16(19)20)21-9-11-4-6-15(7-5-11)14(17)18/h2-3,8,11H,4-7,9H2,1H3,(H,17,18). The van der Waals surface area contributed by atoms with Gasteiger partial charge in [0.1, 0.15) is 5.75 Å². The molecule has 0 atom stereocenters. The average molecular weight is 294 g/mol. The summed E-state index contributed by atoms with van der Waals surface area (Å²) >= 11 is 0. The van der Waals surface area contributed by atoms with Crippen molar-refractivity contribution in [2.24, 2.45) is 5.92 Å². The van der Waals surface area contributed by atoms with Gasteiger partial charge >= 0.3 is 6.09 Å². The van der Waals surface area contributed by atoms with Crippen LogP contribution in [0.3, 0.4) is 0 Å². The summed E-state index contributed by atoms with van der Waals surface area (Å²) in [6.07, 6.45) is 0.677. The molecule has 7 heteroatoms. The zero-order valence-electron chi connectivity index (χ0n) is 11.8. The minimum Gasteiger partial charge on any atom is -0.493 e. The lowest BCUT2D eigenvalue weighted by atomic mass is 9.98. The van der Waals surface area contributed by atoms with E-state index in [-0.39, 0.29) is 5.69 Å². The maximum atomic E-state index is 10.8. The van der Waals surface area contributed by atoms with Gasteiger partial charge in [-0.25, -0.2) is 4.79 Å². The maximum absolute atomic E-state index is 10.8. The molecule has 1 saturated heterocycles. The Balaban J connectivity index is 1.85. The number of likely N-dealkylation sites (tertiary alicyclic amines) is 1. The molecule has 7 nitrogen and oxygen atoms in total. The number of hydrogen-bond donors (Lipinski definition) is 1. The highest BCUT2D eigenvalue weighted by atomic mass is 16.6. The number of nitro benzene ring substituents is 1. The summed E-state index contributed by atoms with van der Waals surface area (Å²) in [5.41, 5.74) is 0.648. The Kier molecular flexibility index (Phi) is 4.62. The van der Waals surface area contributed by atoms with E-state index < -0.39 is 11.0 Å². The molecular weight excluding hydrogens is 276 g/mol. The molecule has 0 radical (unpaired) electrons.